The Kier molecular flexibility index (Phi) is 4.63. The lowest BCUT2D eigenvalue weighted by Gasteiger charge is -1.99. The average molecular weight is 260 g/mol. The zero-order chi connectivity index (χ0) is 11.9. The summed E-state index contributed by atoms with van der Waals surface area (Å²) in [4.78, 5) is 6.53. The van der Waals surface area contributed by atoms with E-state index in [-0.39, 0.29) is 0 Å². The number of thioether (sulfide) groups is 1. The molecular formula is C13H12N2S2. The van der Waals surface area contributed by atoms with Crippen LogP contribution in [-0.4, -0.2) is 11.5 Å². The van der Waals surface area contributed by atoms with Crippen molar-refractivity contribution >= 4 is 23.1 Å². The van der Waals surface area contributed by atoms with Gasteiger partial charge in [0.25, 0.3) is 0 Å². The SMILES string of the molecule is NCC#Cc1ccsc1CSc1ccncc1. The Morgan fingerprint density at radius 3 is 2.88 bits per heavy atom. The molecule has 2 aromatic rings. The van der Waals surface area contributed by atoms with E-state index in [2.05, 4.69) is 28.3 Å². The maximum absolute atomic E-state index is 5.38. The van der Waals surface area contributed by atoms with Crippen LogP contribution in [0.4, 0.5) is 0 Å². The minimum absolute atomic E-state index is 0.410. The van der Waals surface area contributed by atoms with Crippen LogP contribution in [0.1, 0.15) is 10.4 Å². The lowest BCUT2D eigenvalue weighted by Crippen LogP contribution is -1.93. The highest BCUT2D eigenvalue weighted by molar-refractivity contribution is 7.98. The maximum atomic E-state index is 5.38. The molecule has 2 aromatic heterocycles. The molecule has 17 heavy (non-hydrogen) atoms. The van der Waals surface area contributed by atoms with Gasteiger partial charge in [-0.05, 0) is 23.6 Å². The smallest absolute Gasteiger partial charge is 0.0555 e. The molecule has 86 valence electrons. The third-order valence-corrected chi connectivity index (χ3v) is 4.23. The van der Waals surface area contributed by atoms with Crippen molar-refractivity contribution in [3.63, 3.8) is 0 Å². The fourth-order valence-electron chi connectivity index (χ4n) is 1.29. The number of rotatable bonds is 3. The van der Waals surface area contributed by atoms with Crippen molar-refractivity contribution in [2.45, 2.75) is 10.6 Å². The minimum Gasteiger partial charge on any atom is -0.320 e. The van der Waals surface area contributed by atoms with Gasteiger partial charge < -0.3 is 5.73 Å². The first-order valence-corrected chi connectivity index (χ1v) is 7.05. The van der Waals surface area contributed by atoms with E-state index in [0.29, 0.717) is 6.54 Å². The van der Waals surface area contributed by atoms with Gasteiger partial charge in [0.1, 0.15) is 0 Å². The van der Waals surface area contributed by atoms with E-state index in [4.69, 9.17) is 5.73 Å². The van der Waals surface area contributed by atoms with Gasteiger partial charge in [0.15, 0.2) is 0 Å². The van der Waals surface area contributed by atoms with Gasteiger partial charge in [0, 0.05) is 33.5 Å². The van der Waals surface area contributed by atoms with Gasteiger partial charge in [0.2, 0.25) is 0 Å². The highest BCUT2D eigenvalue weighted by Crippen LogP contribution is 2.26. The molecule has 0 fully saturated rings. The predicted octanol–water partition coefficient (Wildman–Crippen LogP) is 2.75. The standard InChI is InChI=1S/C13H12N2S2/c14-6-1-2-11-5-9-16-13(11)10-17-12-3-7-15-8-4-12/h3-5,7-9H,6,10,14H2. The highest BCUT2D eigenvalue weighted by atomic mass is 32.2. The van der Waals surface area contributed by atoms with Crippen LogP contribution >= 0.6 is 23.1 Å². The summed E-state index contributed by atoms with van der Waals surface area (Å²) in [5, 5.41) is 2.07. The van der Waals surface area contributed by atoms with Crippen LogP contribution in [0.15, 0.2) is 40.9 Å². The zero-order valence-corrected chi connectivity index (χ0v) is 10.9. The molecule has 0 atom stereocenters. The second-order valence-corrected chi connectivity index (χ2v) is 5.28. The topological polar surface area (TPSA) is 38.9 Å². The monoisotopic (exact) mass is 260 g/mol. The fraction of sp³-hybridized carbons (Fsp3) is 0.154. The van der Waals surface area contributed by atoms with Crippen LogP contribution in [0, 0.1) is 11.8 Å². The van der Waals surface area contributed by atoms with Gasteiger partial charge in [-0.15, -0.1) is 23.1 Å². The van der Waals surface area contributed by atoms with Gasteiger partial charge in [0.05, 0.1) is 6.54 Å². The lowest BCUT2D eigenvalue weighted by atomic mass is 10.3. The molecule has 0 saturated heterocycles. The van der Waals surface area contributed by atoms with Crippen molar-refractivity contribution in [1.29, 1.82) is 0 Å². The number of nitrogens with two attached hydrogens (primary N) is 1. The van der Waals surface area contributed by atoms with E-state index in [1.807, 2.05) is 24.5 Å². The Morgan fingerprint density at radius 2 is 2.12 bits per heavy atom. The lowest BCUT2D eigenvalue weighted by molar-refractivity contribution is 1.26. The fourth-order valence-corrected chi connectivity index (χ4v) is 3.12. The molecule has 0 bridgehead atoms. The summed E-state index contributed by atoms with van der Waals surface area (Å²) in [6.07, 6.45) is 3.62. The summed E-state index contributed by atoms with van der Waals surface area (Å²) >= 11 is 3.54. The second-order valence-electron chi connectivity index (χ2n) is 3.23. The zero-order valence-electron chi connectivity index (χ0n) is 9.22. The van der Waals surface area contributed by atoms with E-state index in [9.17, 15) is 0 Å². The maximum Gasteiger partial charge on any atom is 0.0555 e. The summed E-state index contributed by atoms with van der Waals surface area (Å²) in [6, 6.07) is 6.09. The molecule has 0 aliphatic heterocycles. The molecule has 0 unspecified atom stereocenters. The largest absolute Gasteiger partial charge is 0.320 e. The van der Waals surface area contributed by atoms with E-state index in [0.717, 1.165) is 11.3 Å². The number of pyridine rings is 1. The molecule has 0 aromatic carbocycles. The first-order chi connectivity index (χ1) is 8.40. The average Bonchev–Trinajstić information content (AvgIpc) is 2.82. The molecule has 2 N–H and O–H groups in total. The highest BCUT2D eigenvalue weighted by Gasteiger charge is 2.02. The van der Waals surface area contributed by atoms with E-state index < -0.39 is 0 Å². The summed E-state index contributed by atoms with van der Waals surface area (Å²) in [5.74, 6) is 6.93. The number of nitrogens with zero attached hydrogens (tertiary/aromatic N) is 1. The quantitative estimate of drug-likeness (QED) is 0.681. The molecule has 0 aliphatic rings. The van der Waals surface area contributed by atoms with E-state index >= 15 is 0 Å². The third kappa shape index (κ3) is 3.60. The van der Waals surface area contributed by atoms with Gasteiger partial charge in [-0.2, -0.15) is 0 Å². The molecule has 0 spiro atoms. The van der Waals surface area contributed by atoms with Crippen molar-refractivity contribution in [1.82, 2.24) is 4.98 Å². The van der Waals surface area contributed by atoms with Crippen LogP contribution in [0.2, 0.25) is 0 Å². The van der Waals surface area contributed by atoms with Crippen molar-refractivity contribution in [2.75, 3.05) is 6.54 Å². The first kappa shape index (κ1) is 12.2. The van der Waals surface area contributed by atoms with Crippen molar-refractivity contribution in [3.05, 3.63) is 46.4 Å². The van der Waals surface area contributed by atoms with Gasteiger partial charge in [-0.25, -0.2) is 0 Å². The molecule has 0 aliphatic carbocycles. The predicted molar refractivity (Wildman–Crippen MR) is 74.0 cm³/mol. The number of aromatic nitrogens is 1. The van der Waals surface area contributed by atoms with Crippen LogP contribution in [0.25, 0.3) is 0 Å². The van der Waals surface area contributed by atoms with E-state index in [1.165, 1.54) is 9.77 Å². The second kappa shape index (κ2) is 6.45. The van der Waals surface area contributed by atoms with Crippen LogP contribution in [0.3, 0.4) is 0 Å². The molecule has 2 heterocycles. The van der Waals surface area contributed by atoms with Gasteiger partial charge >= 0.3 is 0 Å². The Labute approximate surface area is 109 Å². The summed E-state index contributed by atoms with van der Waals surface area (Å²) in [7, 11) is 0. The molecular weight excluding hydrogens is 248 g/mol. The van der Waals surface area contributed by atoms with Crippen molar-refractivity contribution in [3.8, 4) is 11.8 Å². The molecule has 0 saturated carbocycles. The Hall–Kier alpha value is -1.28. The van der Waals surface area contributed by atoms with Crippen molar-refractivity contribution < 1.29 is 0 Å². The summed E-state index contributed by atoms with van der Waals surface area (Å²) in [6.45, 7) is 0.410. The molecule has 0 radical (unpaired) electrons. The minimum atomic E-state index is 0.410. The molecule has 2 rings (SSSR count). The van der Waals surface area contributed by atoms with Gasteiger partial charge in [-0.3, -0.25) is 4.98 Å². The first-order valence-electron chi connectivity index (χ1n) is 5.18. The normalized spacial score (nSPS) is 9.71. The number of thiophene rings is 1. The number of hydrogen-bond acceptors (Lipinski definition) is 4. The Balaban J connectivity index is 2.02. The van der Waals surface area contributed by atoms with Crippen molar-refractivity contribution in [2.24, 2.45) is 5.73 Å². The van der Waals surface area contributed by atoms with Crippen LogP contribution in [0.5, 0.6) is 0 Å². The molecule has 4 heteroatoms. The van der Waals surface area contributed by atoms with E-state index in [1.54, 1.807) is 23.1 Å². The molecule has 0 amide bonds. The summed E-state index contributed by atoms with van der Waals surface area (Å²) in [5.41, 5.74) is 6.48. The molecule has 2 nitrogen and oxygen atoms in total. The van der Waals surface area contributed by atoms with Crippen LogP contribution in [-0.2, 0) is 5.75 Å². The Morgan fingerprint density at radius 1 is 1.29 bits per heavy atom. The van der Waals surface area contributed by atoms with Crippen LogP contribution < -0.4 is 5.73 Å². The van der Waals surface area contributed by atoms with Gasteiger partial charge in [-0.1, -0.05) is 11.8 Å². The third-order valence-electron chi connectivity index (χ3n) is 2.09. The Bertz CT molecular complexity index is 523. The number of hydrogen-bond donors (Lipinski definition) is 1. The summed E-state index contributed by atoms with van der Waals surface area (Å²) < 4.78 is 0.